The van der Waals surface area contributed by atoms with Crippen LogP contribution in [0, 0.1) is 0 Å². The summed E-state index contributed by atoms with van der Waals surface area (Å²) >= 11 is 0. The number of benzene rings is 1. The molecule has 35 heavy (non-hydrogen) atoms. The van der Waals surface area contributed by atoms with Crippen molar-refractivity contribution < 1.29 is 34.8 Å². The van der Waals surface area contributed by atoms with Gasteiger partial charge in [0.1, 0.15) is 24.1 Å². The summed E-state index contributed by atoms with van der Waals surface area (Å²) in [5.41, 5.74) is 5.65. The van der Waals surface area contributed by atoms with E-state index in [1.165, 1.54) is 12.1 Å². The molecule has 186 valence electrons. The maximum absolute atomic E-state index is 12.7. The summed E-state index contributed by atoms with van der Waals surface area (Å²) in [5.74, 6) is -2.43. The van der Waals surface area contributed by atoms with Crippen molar-refractivity contribution in [3.63, 3.8) is 0 Å². The lowest BCUT2D eigenvalue weighted by atomic mass is 10.0. The molecule has 3 heterocycles. The van der Waals surface area contributed by atoms with Gasteiger partial charge in [-0.1, -0.05) is 0 Å². The summed E-state index contributed by atoms with van der Waals surface area (Å²) in [7, 11) is 0. The van der Waals surface area contributed by atoms with Crippen molar-refractivity contribution in [2.75, 3.05) is 0 Å². The monoisotopic (exact) mass is 489 g/mol. The zero-order valence-electron chi connectivity index (χ0n) is 18.0. The number of rotatable bonds is 7. The van der Waals surface area contributed by atoms with Gasteiger partial charge in [-0.3, -0.25) is 19.1 Å². The number of aliphatic carboxylic acids is 1. The maximum Gasteiger partial charge on any atom is 0.330 e. The second kappa shape index (κ2) is 9.34. The molecule has 6 atom stereocenters. The van der Waals surface area contributed by atoms with Gasteiger partial charge in [-0.15, -0.1) is 0 Å². The molecule has 1 fully saturated rings. The molecular formula is C21H23N5O9. The van der Waals surface area contributed by atoms with Crippen molar-refractivity contribution in [2.45, 2.75) is 43.0 Å². The number of nitrogens with zero attached hydrogens (tertiary/aromatic N) is 1. The van der Waals surface area contributed by atoms with E-state index in [-0.39, 0.29) is 12.2 Å². The average molecular weight is 489 g/mol. The largest absolute Gasteiger partial charge is 0.508 e. The number of ether oxygens (including phenoxy) is 1. The van der Waals surface area contributed by atoms with E-state index in [1.807, 2.05) is 4.98 Å². The average Bonchev–Trinajstić information content (AvgIpc) is 3.32. The van der Waals surface area contributed by atoms with Crippen molar-refractivity contribution in [1.82, 2.24) is 19.9 Å². The Kier molecular flexibility index (Phi) is 6.45. The topological polar surface area (TPSA) is 233 Å². The smallest absolute Gasteiger partial charge is 0.330 e. The number of phenolic OH excluding ortho intramolecular Hbond substituents is 1. The number of carboxylic acids is 1. The molecule has 14 nitrogen and oxygen atoms in total. The number of hydrogen-bond donors (Lipinski definition) is 8. The number of phenols is 1. The molecule has 1 saturated heterocycles. The van der Waals surface area contributed by atoms with Crippen molar-refractivity contribution in [3.05, 3.63) is 63.1 Å². The molecule has 0 bridgehead atoms. The zero-order valence-corrected chi connectivity index (χ0v) is 18.0. The Balaban J connectivity index is 1.50. The Morgan fingerprint density at radius 3 is 2.63 bits per heavy atom. The van der Waals surface area contributed by atoms with E-state index in [9.17, 15) is 39.6 Å². The Morgan fingerprint density at radius 1 is 1.20 bits per heavy atom. The molecule has 0 radical (unpaired) electrons. The normalized spacial score (nSPS) is 23.7. The number of fused-ring (bicyclic) bond motifs is 1. The molecule has 0 spiro atoms. The highest BCUT2D eigenvalue weighted by molar-refractivity contribution is 5.89. The fourth-order valence-corrected chi connectivity index (χ4v) is 4.03. The molecule has 1 aliphatic rings. The predicted molar refractivity (Wildman–Crippen MR) is 118 cm³/mol. The minimum Gasteiger partial charge on any atom is -0.508 e. The van der Waals surface area contributed by atoms with Crippen LogP contribution in [0.2, 0.25) is 0 Å². The van der Waals surface area contributed by atoms with Crippen LogP contribution in [0.1, 0.15) is 11.8 Å². The third-order valence-corrected chi connectivity index (χ3v) is 5.82. The minimum absolute atomic E-state index is 0.00622. The number of H-pyrrole nitrogens is 2. The van der Waals surface area contributed by atoms with Crippen molar-refractivity contribution >= 4 is 22.8 Å². The van der Waals surface area contributed by atoms with Crippen molar-refractivity contribution in [1.29, 1.82) is 0 Å². The number of amides is 1. The molecule has 1 aromatic carbocycles. The SMILES string of the molecule is N[C@@H](Cc1c[nH]c2ccc(O)cc12)C(=O)N[C@H](C(=O)O)[C@H]1O[C@@H](n2ccc(=O)[nH]c2=O)[C@H](O)[C@@H]1O. The Labute approximate surface area is 195 Å². The molecule has 0 unspecified atom stereocenters. The lowest BCUT2D eigenvalue weighted by Crippen LogP contribution is -2.56. The lowest BCUT2D eigenvalue weighted by Gasteiger charge is -2.24. The van der Waals surface area contributed by atoms with Crippen LogP contribution in [0.5, 0.6) is 5.75 Å². The molecule has 4 rings (SSSR count). The molecule has 9 N–H and O–H groups in total. The van der Waals surface area contributed by atoms with Crippen LogP contribution >= 0.6 is 0 Å². The molecule has 1 amide bonds. The number of carboxylic acid groups (broad SMARTS) is 1. The number of aliphatic hydroxyl groups excluding tert-OH is 2. The highest BCUT2D eigenvalue weighted by atomic mass is 16.6. The molecule has 3 aromatic rings. The van der Waals surface area contributed by atoms with Gasteiger partial charge in [0.2, 0.25) is 5.91 Å². The van der Waals surface area contributed by atoms with Crippen LogP contribution < -0.4 is 22.3 Å². The predicted octanol–water partition coefficient (Wildman–Crippen LogP) is -2.52. The van der Waals surface area contributed by atoms with Crippen LogP contribution in [0.15, 0.2) is 46.2 Å². The second-order valence-electron chi connectivity index (χ2n) is 8.17. The van der Waals surface area contributed by atoms with Gasteiger partial charge in [0.15, 0.2) is 12.3 Å². The third-order valence-electron chi connectivity index (χ3n) is 5.82. The summed E-state index contributed by atoms with van der Waals surface area (Å²) in [6.07, 6.45) is -4.08. The standard InChI is InChI=1S/C21H23N5O9/c22-11(5-8-7-23-12-2-1-9(27)6-10(8)12)18(31)25-14(20(32)33)17-15(29)16(30)19(35-17)26-4-3-13(28)24-21(26)34/h1-4,6-7,11,14-17,19,23,27,29-30H,5,22H2,(H,25,31)(H,32,33)(H,24,28,34)/t11-,14-,15-,16+,17+,19+/m0/s1. The van der Waals surface area contributed by atoms with Crippen LogP contribution in [0.3, 0.4) is 0 Å². The molecule has 14 heteroatoms. The molecule has 0 aliphatic carbocycles. The second-order valence-corrected chi connectivity index (χ2v) is 8.17. The van der Waals surface area contributed by atoms with Gasteiger partial charge < -0.3 is 41.2 Å². The fraction of sp³-hybridized carbons (Fsp3) is 0.333. The summed E-state index contributed by atoms with van der Waals surface area (Å²) in [5, 5.41) is 43.0. The number of hydrogen-bond acceptors (Lipinski definition) is 9. The molecule has 2 aromatic heterocycles. The van der Waals surface area contributed by atoms with Crippen LogP contribution in [-0.2, 0) is 20.7 Å². The number of aromatic amines is 2. The minimum atomic E-state index is -1.83. The van der Waals surface area contributed by atoms with E-state index in [1.54, 1.807) is 12.3 Å². The highest BCUT2D eigenvalue weighted by Gasteiger charge is 2.50. The van der Waals surface area contributed by atoms with Gasteiger partial charge >= 0.3 is 11.7 Å². The first-order valence-corrected chi connectivity index (χ1v) is 10.5. The highest BCUT2D eigenvalue weighted by Crippen LogP contribution is 2.30. The Morgan fingerprint density at radius 2 is 1.94 bits per heavy atom. The Hall–Kier alpha value is -3.98. The summed E-state index contributed by atoms with van der Waals surface area (Å²) in [6.45, 7) is 0. The quantitative estimate of drug-likeness (QED) is 0.173. The zero-order chi connectivity index (χ0) is 25.4. The lowest BCUT2D eigenvalue weighted by molar-refractivity contribution is -0.149. The number of aromatic nitrogens is 3. The van der Waals surface area contributed by atoms with Crippen LogP contribution in [-0.4, -0.2) is 77.2 Å². The molecule has 0 saturated carbocycles. The number of carbonyl (C=O) groups is 2. The van der Waals surface area contributed by atoms with Gasteiger partial charge in [0.05, 0.1) is 6.04 Å². The number of carbonyl (C=O) groups excluding carboxylic acids is 1. The fourth-order valence-electron chi connectivity index (χ4n) is 4.03. The first-order chi connectivity index (χ1) is 16.6. The van der Waals surface area contributed by atoms with Gasteiger partial charge in [0.25, 0.3) is 5.56 Å². The third kappa shape index (κ3) is 4.67. The Bertz CT molecular complexity index is 1380. The van der Waals surface area contributed by atoms with Gasteiger partial charge in [-0.05, 0) is 30.2 Å². The van der Waals surface area contributed by atoms with E-state index in [0.29, 0.717) is 16.5 Å². The summed E-state index contributed by atoms with van der Waals surface area (Å²) in [4.78, 5) is 52.9. The first kappa shape index (κ1) is 24.2. The van der Waals surface area contributed by atoms with Crippen LogP contribution in [0.25, 0.3) is 10.9 Å². The number of nitrogens with two attached hydrogens (primary N) is 1. The molecule has 1 aliphatic heterocycles. The van der Waals surface area contributed by atoms with Crippen LogP contribution in [0.4, 0.5) is 0 Å². The summed E-state index contributed by atoms with van der Waals surface area (Å²) in [6, 6.07) is 2.58. The van der Waals surface area contributed by atoms with E-state index >= 15 is 0 Å². The van der Waals surface area contributed by atoms with E-state index in [0.717, 1.165) is 16.8 Å². The first-order valence-electron chi connectivity index (χ1n) is 10.5. The number of aromatic hydroxyl groups is 1. The van der Waals surface area contributed by atoms with E-state index in [2.05, 4.69) is 10.3 Å². The molecular weight excluding hydrogens is 466 g/mol. The maximum atomic E-state index is 12.7. The van der Waals surface area contributed by atoms with Crippen molar-refractivity contribution in [3.8, 4) is 5.75 Å². The number of nitrogens with one attached hydrogen (secondary N) is 3. The van der Waals surface area contributed by atoms with Crippen molar-refractivity contribution in [2.24, 2.45) is 5.73 Å². The van der Waals surface area contributed by atoms with E-state index < -0.39 is 59.7 Å². The van der Waals surface area contributed by atoms with Gasteiger partial charge in [0, 0.05) is 29.4 Å². The van der Waals surface area contributed by atoms with Gasteiger partial charge in [-0.2, -0.15) is 0 Å². The summed E-state index contributed by atoms with van der Waals surface area (Å²) < 4.78 is 6.23. The van der Waals surface area contributed by atoms with Gasteiger partial charge in [-0.25, -0.2) is 9.59 Å². The number of aliphatic hydroxyl groups is 2. The van der Waals surface area contributed by atoms with E-state index in [4.69, 9.17) is 10.5 Å².